The molecule has 0 aromatic rings. The second-order valence-electron chi connectivity index (χ2n) is 2.23. The van der Waals surface area contributed by atoms with Crippen molar-refractivity contribution >= 4 is 36.4 Å². The van der Waals surface area contributed by atoms with Gasteiger partial charge in [0.25, 0.3) is 0 Å². The van der Waals surface area contributed by atoms with Crippen LogP contribution in [0.4, 0.5) is 4.79 Å². The van der Waals surface area contributed by atoms with Crippen LogP contribution < -0.4 is 8.67 Å². The van der Waals surface area contributed by atoms with Gasteiger partial charge < -0.3 is 0 Å². The summed E-state index contributed by atoms with van der Waals surface area (Å²) < 4.78 is 5.74. The van der Waals surface area contributed by atoms with Gasteiger partial charge in [0.15, 0.2) is 0 Å². The number of hydrogen-bond donors (Lipinski definition) is 2. The van der Waals surface area contributed by atoms with Gasteiger partial charge in [0, 0.05) is 0 Å². The molecule has 0 saturated carbocycles. The fourth-order valence-corrected chi connectivity index (χ4v) is 2.83. The Labute approximate surface area is 87.2 Å². The topological polar surface area (TPSA) is 41.1 Å². The molecule has 0 saturated heterocycles. The van der Waals surface area contributed by atoms with Gasteiger partial charge in [-0.2, -0.15) is 0 Å². The van der Waals surface area contributed by atoms with Crippen molar-refractivity contribution < 1.29 is 4.79 Å². The predicted molar refractivity (Wildman–Crippen MR) is 53.4 cm³/mol. The average Bonchev–Trinajstić information content (AvgIpc) is 2.06. The van der Waals surface area contributed by atoms with Gasteiger partial charge in [0.1, 0.15) is 0 Å². The average molecular weight is 302 g/mol. The van der Waals surface area contributed by atoms with Crippen LogP contribution in [0.5, 0.6) is 0 Å². The van der Waals surface area contributed by atoms with Gasteiger partial charge in [-0.25, -0.2) is 0 Å². The van der Waals surface area contributed by atoms with E-state index in [1.807, 2.05) is 0 Å². The maximum atomic E-state index is 11.0. The van der Waals surface area contributed by atoms with E-state index in [4.69, 9.17) is 0 Å². The molecule has 72 valence electrons. The molecule has 0 rings (SSSR count). The molecule has 0 spiro atoms. The molecule has 0 radical (unpaired) electrons. The molecular weight excluding hydrogens is 286 g/mol. The fourth-order valence-electron chi connectivity index (χ4n) is 0.458. The van der Waals surface area contributed by atoms with Crippen molar-refractivity contribution in [3.63, 3.8) is 0 Å². The molecule has 0 heterocycles. The molecule has 2 amide bonds. The summed E-state index contributed by atoms with van der Waals surface area (Å²) in [6.45, 7) is 4.25. The van der Waals surface area contributed by atoms with Gasteiger partial charge in [-0.3, -0.25) is 0 Å². The monoisotopic (exact) mass is 304 g/mol. The first kappa shape index (κ1) is 12.3. The third kappa shape index (κ3) is 8.41. The molecule has 0 atom stereocenters. The van der Waals surface area contributed by atoms with Crippen LogP contribution in [-0.2, 0) is 0 Å². The van der Waals surface area contributed by atoms with Crippen molar-refractivity contribution in [3.8, 4) is 0 Å². The Morgan fingerprint density at radius 3 is 1.83 bits per heavy atom. The zero-order valence-electron chi connectivity index (χ0n) is 7.55. The van der Waals surface area contributed by atoms with E-state index in [2.05, 4.69) is 22.5 Å². The van der Waals surface area contributed by atoms with E-state index in [0.29, 0.717) is 30.3 Å². The van der Waals surface area contributed by atoms with Crippen molar-refractivity contribution in [1.82, 2.24) is 8.67 Å². The second-order valence-corrected chi connectivity index (χ2v) is 6.01. The third-order valence-corrected chi connectivity index (χ3v) is 4.90. The summed E-state index contributed by atoms with van der Waals surface area (Å²) in [7, 11) is 0. The molecule has 0 aliphatic carbocycles. The zero-order chi connectivity index (χ0) is 9.23. The standard InChI is InChI=1S/C7H16N2OSe2/c1-3-5-11-8-7(10)9-12-6-4-2/h3-6H2,1-2H3,(H2,8,9,10). The Morgan fingerprint density at radius 1 is 1.08 bits per heavy atom. The number of carbonyl (C=O) groups is 1. The van der Waals surface area contributed by atoms with E-state index < -0.39 is 0 Å². The SMILES string of the molecule is CCC[Se]NC(=O)N[Se]CCC. The molecule has 3 nitrogen and oxygen atoms in total. The summed E-state index contributed by atoms with van der Waals surface area (Å²) in [6.07, 6.45) is 2.31. The molecule has 5 heteroatoms. The van der Waals surface area contributed by atoms with Crippen molar-refractivity contribution in [1.29, 1.82) is 0 Å². The second kappa shape index (κ2) is 9.40. The van der Waals surface area contributed by atoms with Gasteiger partial charge in [-0.15, -0.1) is 0 Å². The first-order valence-electron chi connectivity index (χ1n) is 4.10. The summed E-state index contributed by atoms with van der Waals surface area (Å²) in [5.74, 6) is 0. The van der Waals surface area contributed by atoms with E-state index in [9.17, 15) is 4.79 Å². The molecule has 0 aliphatic heterocycles. The molecule has 0 aromatic carbocycles. The molecule has 12 heavy (non-hydrogen) atoms. The summed E-state index contributed by atoms with van der Waals surface area (Å²) in [5.41, 5.74) is 0. The zero-order valence-corrected chi connectivity index (χ0v) is 11.0. The van der Waals surface area contributed by atoms with Gasteiger partial charge in [-0.05, 0) is 0 Å². The number of nitrogens with one attached hydrogen (secondary N) is 2. The van der Waals surface area contributed by atoms with Gasteiger partial charge in [0.05, 0.1) is 0 Å². The summed E-state index contributed by atoms with van der Waals surface area (Å²) in [5, 5.41) is 2.25. The Kier molecular flexibility index (Phi) is 9.64. The van der Waals surface area contributed by atoms with Crippen molar-refractivity contribution in [2.75, 3.05) is 0 Å². The Hall–Kier alpha value is 0.309. The van der Waals surface area contributed by atoms with E-state index in [0.717, 1.165) is 23.5 Å². The van der Waals surface area contributed by atoms with Crippen molar-refractivity contribution in [2.45, 2.75) is 37.3 Å². The summed E-state index contributed by atoms with van der Waals surface area (Å²) in [4.78, 5) is 11.0. The summed E-state index contributed by atoms with van der Waals surface area (Å²) >= 11 is 0.586. The van der Waals surface area contributed by atoms with Crippen LogP contribution in [-0.4, -0.2) is 36.4 Å². The van der Waals surface area contributed by atoms with Crippen LogP contribution in [0.15, 0.2) is 0 Å². The van der Waals surface area contributed by atoms with E-state index in [1.54, 1.807) is 0 Å². The van der Waals surface area contributed by atoms with Crippen LogP contribution >= 0.6 is 0 Å². The molecule has 2 N–H and O–H groups in total. The van der Waals surface area contributed by atoms with Gasteiger partial charge in [0.2, 0.25) is 0 Å². The van der Waals surface area contributed by atoms with Crippen molar-refractivity contribution in [3.05, 3.63) is 0 Å². The number of amides is 2. The van der Waals surface area contributed by atoms with Crippen LogP contribution in [0.2, 0.25) is 10.6 Å². The van der Waals surface area contributed by atoms with Gasteiger partial charge >= 0.3 is 87.2 Å². The Bertz CT molecular complexity index is 110. The predicted octanol–water partition coefficient (Wildman–Crippen LogP) is 1.18. The number of carbonyl (C=O) groups excluding carboxylic acids is 1. The van der Waals surface area contributed by atoms with Crippen LogP contribution in [0.1, 0.15) is 26.7 Å². The molecule has 0 aliphatic rings. The maximum absolute atomic E-state index is 11.0. The quantitative estimate of drug-likeness (QED) is 0.561. The Morgan fingerprint density at radius 2 is 1.50 bits per heavy atom. The fraction of sp³-hybridized carbons (Fsp3) is 0.857. The molecular formula is C7H16N2OSe2. The molecule has 0 unspecified atom stereocenters. The van der Waals surface area contributed by atoms with Crippen LogP contribution in [0, 0.1) is 0 Å². The van der Waals surface area contributed by atoms with Crippen LogP contribution in [0.25, 0.3) is 0 Å². The summed E-state index contributed by atoms with van der Waals surface area (Å²) in [6, 6.07) is 0.0249. The van der Waals surface area contributed by atoms with Gasteiger partial charge in [-0.1, -0.05) is 0 Å². The van der Waals surface area contributed by atoms with Crippen molar-refractivity contribution in [2.24, 2.45) is 0 Å². The minimum atomic E-state index is 0.0249. The van der Waals surface area contributed by atoms with Crippen LogP contribution in [0.3, 0.4) is 0 Å². The first-order valence-corrected chi connectivity index (χ1v) is 8.24. The number of rotatable bonds is 6. The third-order valence-electron chi connectivity index (χ3n) is 0.942. The normalized spacial score (nSPS) is 9.50. The Balaban J connectivity index is 3.10. The first-order chi connectivity index (χ1) is 5.81. The molecule has 0 aromatic heterocycles. The number of hydrogen-bond acceptors (Lipinski definition) is 1. The minimum absolute atomic E-state index is 0.0249. The van der Waals surface area contributed by atoms with E-state index >= 15 is 0 Å². The van der Waals surface area contributed by atoms with E-state index in [-0.39, 0.29) is 6.03 Å². The van der Waals surface area contributed by atoms with E-state index in [1.165, 1.54) is 0 Å². The number of urea groups is 1. The molecule has 0 fully saturated rings. The molecule has 0 bridgehead atoms.